The number of esters is 1. The Balaban J connectivity index is 1.48. The Morgan fingerprint density at radius 1 is 1.33 bits per heavy atom. The van der Waals surface area contributed by atoms with E-state index in [1.807, 2.05) is 17.5 Å². The van der Waals surface area contributed by atoms with Gasteiger partial charge in [-0.2, -0.15) is 0 Å². The van der Waals surface area contributed by atoms with E-state index in [2.05, 4.69) is 5.32 Å². The van der Waals surface area contributed by atoms with Gasteiger partial charge in [0, 0.05) is 24.1 Å². The molecular weight excluding hydrogens is 388 g/mol. The summed E-state index contributed by atoms with van der Waals surface area (Å²) >= 11 is 3.06. The van der Waals surface area contributed by atoms with Gasteiger partial charge in [-0.15, -0.1) is 23.1 Å². The molecule has 9 heteroatoms. The summed E-state index contributed by atoms with van der Waals surface area (Å²) in [7, 11) is 0. The molecule has 3 rings (SSSR count). The first-order chi connectivity index (χ1) is 13.1. The van der Waals surface area contributed by atoms with Crippen molar-refractivity contribution in [3.8, 4) is 0 Å². The molecule has 2 amide bonds. The van der Waals surface area contributed by atoms with Crippen LogP contribution in [0.5, 0.6) is 0 Å². The second-order valence-corrected chi connectivity index (χ2v) is 8.08. The first kappa shape index (κ1) is 19.5. The van der Waals surface area contributed by atoms with E-state index in [1.54, 1.807) is 23.5 Å². The molecule has 1 N–H and O–H groups in total. The minimum absolute atomic E-state index is 0.247. The lowest BCUT2D eigenvalue weighted by Crippen LogP contribution is -2.43. The van der Waals surface area contributed by atoms with Crippen molar-refractivity contribution in [2.75, 3.05) is 18.9 Å². The van der Waals surface area contributed by atoms with Crippen LogP contribution in [0.25, 0.3) is 0 Å². The lowest BCUT2D eigenvalue weighted by molar-refractivity contribution is -0.156. The van der Waals surface area contributed by atoms with Gasteiger partial charge >= 0.3 is 5.97 Å². The number of ether oxygens (including phenoxy) is 1. The van der Waals surface area contributed by atoms with E-state index in [9.17, 15) is 14.4 Å². The molecule has 7 nitrogen and oxygen atoms in total. The number of rotatable bonds is 7. The predicted molar refractivity (Wildman–Crippen MR) is 102 cm³/mol. The van der Waals surface area contributed by atoms with Crippen LogP contribution >= 0.6 is 23.1 Å². The molecule has 1 fully saturated rings. The van der Waals surface area contributed by atoms with Gasteiger partial charge in [0.05, 0.1) is 6.26 Å². The Labute approximate surface area is 165 Å². The Kier molecular flexibility index (Phi) is 6.57. The van der Waals surface area contributed by atoms with E-state index in [0.29, 0.717) is 18.1 Å². The molecule has 144 valence electrons. The zero-order valence-electron chi connectivity index (χ0n) is 14.8. The largest absolute Gasteiger partial charge is 0.466 e. The quantitative estimate of drug-likeness (QED) is 0.707. The normalized spacial score (nSPS) is 19.1. The number of hydrogen-bond donors (Lipinski definition) is 1. The zero-order valence-corrected chi connectivity index (χ0v) is 16.4. The molecule has 1 aliphatic rings. The molecule has 2 atom stereocenters. The number of hydrogen-bond acceptors (Lipinski definition) is 7. The number of amides is 2. The van der Waals surface area contributed by atoms with E-state index >= 15 is 0 Å². The fourth-order valence-electron chi connectivity index (χ4n) is 2.79. The van der Waals surface area contributed by atoms with E-state index < -0.39 is 12.0 Å². The second kappa shape index (κ2) is 9.09. The van der Waals surface area contributed by atoms with Crippen LogP contribution in [0.4, 0.5) is 0 Å². The predicted octanol–water partition coefficient (Wildman–Crippen LogP) is 2.21. The molecule has 0 unspecified atom stereocenters. The summed E-state index contributed by atoms with van der Waals surface area (Å²) in [5.41, 5.74) is 0. The Morgan fingerprint density at radius 3 is 2.85 bits per heavy atom. The second-order valence-electron chi connectivity index (χ2n) is 5.93. The molecule has 0 spiro atoms. The summed E-state index contributed by atoms with van der Waals surface area (Å²) in [6.07, 6.45) is 2.26. The fraction of sp³-hybridized carbons (Fsp3) is 0.389. The highest BCUT2D eigenvalue weighted by Crippen LogP contribution is 2.41. The van der Waals surface area contributed by atoms with Crippen molar-refractivity contribution in [1.82, 2.24) is 10.2 Å². The van der Waals surface area contributed by atoms with Crippen molar-refractivity contribution in [3.63, 3.8) is 0 Å². The molecule has 2 aromatic rings. The summed E-state index contributed by atoms with van der Waals surface area (Å²) in [6, 6.07) is 6.73. The minimum Gasteiger partial charge on any atom is -0.466 e. The van der Waals surface area contributed by atoms with Crippen LogP contribution in [0.3, 0.4) is 0 Å². The summed E-state index contributed by atoms with van der Waals surface area (Å²) in [4.78, 5) is 38.9. The van der Waals surface area contributed by atoms with E-state index in [0.717, 1.165) is 6.42 Å². The topological polar surface area (TPSA) is 88.8 Å². The first-order valence-electron chi connectivity index (χ1n) is 8.46. The number of carbonyl (C=O) groups is 3. The highest BCUT2D eigenvalue weighted by atomic mass is 32.2. The third-order valence-corrected chi connectivity index (χ3v) is 6.26. The molecule has 0 aromatic carbocycles. The van der Waals surface area contributed by atoms with Crippen LogP contribution in [-0.2, 0) is 25.5 Å². The van der Waals surface area contributed by atoms with Gasteiger partial charge in [0.2, 0.25) is 5.91 Å². The van der Waals surface area contributed by atoms with Gasteiger partial charge in [-0.1, -0.05) is 6.07 Å². The number of carbonyl (C=O) groups excluding carboxylic acids is 3. The van der Waals surface area contributed by atoms with Gasteiger partial charge < -0.3 is 19.4 Å². The molecule has 0 bridgehead atoms. The van der Waals surface area contributed by atoms with Crippen molar-refractivity contribution >= 4 is 40.9 Å². The smallest absolute Gasteiger partial charge is 0.330 e. The molecule has 3 heterocycles. The first-order valence-corrected chi connectivity index (χ1v) is 10.4. The number of nitrogens with one attached hydrogen (secondary N) is 1. The summed E-state index contributed by atoms with van der Waals surface area (Å²) in [5, 5.41) is 4.34. The number of thioether (sulfide) groups is 1. The average molecular weight is 409 g/mol. The maximum Gasteiger partial charge on any atom is 0.330 e. The summed E-state index contributed by atoms with van der Waals surface area (Å²) in [6.45, 7) is 1.53. The highest BCUT2D eigenvalue weighted by Gasteiger charge is 2.43. The van der Waals surface area contributed by atoms with Crippen LogP contribution in [0, 0.1) is 0 Å². The lowest BCUT2D eigenvalue weighted by atomic mass is 10.2. The molecule has 27 heavy (non-hydrogen) atoms. The van der Waals surface area contributed by atoms with E-state index in [4.69, 9.17) is 9.15 Å². The molecular formula is C18H20N2O5S2. The van der Waals surface area contributed by atoms with Crippen molar-refractivity contribution in [1.29, 1.82) is 0 Å². The SMILES string of the molecule is CC(=O)N1[C@H](C(=O)OCC(=O)NCCc2cccs2)CS[C@H]1c1ccco1. The monoisotopic (exact) mass is 408 g/mol. The van der Waals surface area contributed by atoms with Gasteiger partial charge in [0.15, 0.2) is 6.61 Å². The average Bonchev–Trinajstić information content (AvgIpc) is 3.39. The zero-order chi connectivity index (χ0) is 19.2. The number of thiophene rings is 1. The summed E-state index contributed by atoms with van der Waals surface area (Å²) < 4.78 is 10.5. The lowest BCUT2D eigenvalue weighted by Gasteiger charge is -2.25. The summed E-state index contributed by atoms with van der Waals surface area (Å²) in [5.74, 6) is -0.188. The van der Waals surface area contributed by atoms with Crippen LogP contribution < -0.4 is 5.32 Å². The molecule has 0 aliphatic carbocycles. The van der Waals surface area contributed by atoms with Crippen LogP contribution in [0.15, 0.2) is 40.3 Å². The fourth-order valence-corrected chi connectivity index (χ4v) is 4.91. The third kappa shape index (κ3) is 4.92. The maximum absolute atomic E-state index is 12.4. The van der Waals surface area contributed by atoms with Crippen molar-refractivity contribution < 1.29 is 23.5 Å². The maximum atomic E-state index is 12.4. The van der Waals surface area contributed by atoms with Gasteiger partial charge in [-0.25, -0.2) is 4.79 Å². The Bertz CT molecular complexity index is 776. The van der Waals surface area contributed by atoms with Crippen molar-refractivity contribution in [3.05, 3.63) is 46.5 Å². The molecule has 1 saturated heterocycles. The molecule has 1 aliphatic heterocycles. The van der Waals surface area contributed by atoms with Crippen molar-refractivity contribution in [2.45, 2.75) is 24.8 Å². The number of nitrogens with zero attached hydrogens (tertiary/aromatic N) is 1. The third-order valence-electron chi connectivity index (χ3n) is 4.04. The highest BCUT2D eigenvalue weighted by molar-refractivity contribution is 7.99. The van der Waals surface area contributed by atoms with E-state index in [-0.39, 0.29) is 23.8 Å². The van der Waals surface area contributed by atoms with Gasteiger partial charge in [-0.05, 0) is 30.0 Å². The Hall–Kier alpha value is -2.26. The van der Waals surface area contributed by atoms with Gasteiger partial charge in [-0.3, -0.25) is 9.59 Å². The molecule has 0 saturated carbocycles. The standard InChI is InChI=1S/C18H20N2O5S2/c1-12(21)20-14(11-27-17(20)15-5-2-8-24-15)18(23)25-10-16(22)19-7-6-13-4-3-9-26-13/h2-5,8-9,14,17H,6-7,10-11H2,1H3,(H,19,22)/t14-,17-/m0/s1. The van der Waals surface area contributed by atoms with Gasteiger partial charge in [0.1, 0.15) is 17.2 Å². The van der Waals surface area contributed by atoms with E-state index in [1.165, 1.54) is 34.7 Å². The minimum atomic E-state index is -0.735. The van der Waals surface area contributed by atoms with Crippen molar-refractivity contribution in [2.24, 2.45) is 0 Å². The number of furan rings is 1. The Morgan fingerprint density at radius 2 is 2.19 bits per heavy atom. The van der Waals surface area contributed by atoms with Gasteiger partial charge in [0.25, 0.3) is 5.91 Å². The molecule has 2 aromatic heterocycles. The molecule has 0 radical (unpaired) electrons. The van der Waals surface area contributed by atoms with Crippen LogP contribution in [-0.4, -0.2) is 47.6 Å². The van der Waals surface area contributed by atoms with Crippen LogP contribution in [0.1, 0.15) is 22.9 Å². The van der Waals surface area contributed by atoms with Crippen LogP contribution in [0.2, 0.25) is 0 Å².